The third kappa shape index (κ3) is 2.82. The van der Waals surface area contributed by atoms with E-state index in [0.717, 1.165) is 0 Å². The van der Waals surface area contributed by atoms with E-state index in [4.69, 9.17) is 0 Å². The monoisotopic (exact) mass is 337 g/mol. The molecule has 0 radical (unpaired) electrons. The van der Waals surface area contributed by atoms with Crippen LogP contribution in [0.15, 0.2) is 34.8 Å². The molecule has 2 N–H and O–H groups in total. The SMILES string of the molecule is Cc1cc(F)c(Br)cc1NC(=O)c1cccc(C)c1O. The Labute approximate surface area is 124 Å². The number of para-hydroxylation sites is 1. The van der Waals surface area contributed by atoms with E-state index in [0.29, 0.717) is 16.8 Å². The number of phenolic OH excluding ortho intramolecular Hbond substituents is 1. The van der Waals surface area contributed by atoms with Crippen molar-refractivity contribution in [3.63, 3.8) is 0 Å². The summed E-state index contributed by atoms with van der Waals surface area (Å²) in [7, 11) is 0. The molecule has 0 aliphatic rings. The van der Waals surface area contributed by atoms with Crippen molar-refractivity contribution in [2.75, 3.05) is 5.32 Å². The maximum atomic E-state index is 13.3. The summed E-state index contributed by atoms with van der Waals surface area (Å²) in [5, 5.41) is 12.6. The van der Waals surface area contributed by atoms with Crippen molar-refractivity contribution in [3.05, 3.63) is 57.3 Å². The number of aryl methyl sites for hydroxylation is 2. The average Bonchev–Trinajstić information content (AvgIpc) is 2.39. The van der Waals surface area contributed by atoms with Crippen LogP contribution in [0.2, 0.25) is 0 Å². The quantitative estimate of drug-likeness (QED) is 0.864. The van der Waals surface area contributed by atoms with Crippen LogP contribution in [0.4, 0.5) is 10.1 Å². The minimum absolute atomic E-state index is 0.0520. The molecule has 0 saturated heterocycles. The first-order valence-corrected chi connectivity index (χ1v) is 6.75. The van der Waals surface area contributed by atoms with E-state index >= 15 is 0 Å². The Morgan fingerprint density at radius 2 is 1.95 bits per heavy atom. The van der Waals surface area contributed by atoms with Gasteiger partial charge in [0.05, 0.1) is 10.0 Å². The Morgan fingerprint density at radius 1 is 1.25 bits per heavy atom. The Kier molecular flexibility index (Phi) is 4.09. The van der Waals surface area contributed by atoms with Gasteiger partial charge in [0, 0.05) is 5.69 Å². The maximum absolute atomic E-state index is 13.3. The zero-order valence-corrected chi connectivity index (χ0v) is 12.6. The molecule has 0 saturated carbocycles. The number of aromatic hydroxyl groups is 1. The molecule has 0 spiro atoms. The van der Waals surface area contributed by atoms with E-state index in [-0.39, 0.29) is 21.6 Å². The lowest BCUT2D eigenvalue weighted by Gasteiger charge is -2.11. The average molecular weight is 338 g/mol. The zero-order valence-electron chi connectivity index (χ0n) is 11.0. The Balaban J connectivity index is 2.33. The number of carbonyl (C=O) groups excluding carboxylic acids is 1. The van der Waals surface area contributed by atoms with Crippen LogP contribution in [0.1, 0.15) is 21.5 Å². The molecule has 2 aromatic carbocycles. The van der Waals surface area contributed by atoms with Crippen LogP contribution in [0, 0.1) is 19.7 Å². The van der Waals surface area contributed by atoms with Crippen molar-refractivity contribution in [2.24, 2.45) is 0 Å². The number of anilines is 1. The number of halogens is 2. The summed E-state index contributed by atoms with van der Waals surface area (Å²) in [5.41, 5.74) is 1.90. The van der Waals surface area contributed by atoms with E-state index in [1.54, 1.807) is 26.0 Å². The maximum Gasteiger partial charge on any atom is 0.259 e. The summed E-state index contributed by atoms with van der Waals surface area (Å²) in [6.07, 6.45) is 0. The van der Waals surface area contributed by atoms with Crippen LogP contribution in [-0.2, 0) is 0 Å². The van der Waals surface area contributed by atoms with Crippen molar-refractivity contribution in [2.45, 2.75) is 13.8 Å². The van der Waals surface area contributed by atoms with Crippen molar-refractivity contribution in [3.8, 4) is 5.75 Å². The standard InChI is InChI=1S/C15H13BrFNO2/c1-8-4-3-5-10(14(8)19)15(20)18-13-7-11(16)12(17)6-9(13)2/h3-7,19H,1-2H3,(H,18,20). The van der Waals surface area contributed by atoms with E-state index < -0.39 is 5.91 Å². The topological polar surface area (TPSA) is 49.3 Å². The van der Waals surface area contributed by atoms with Gasteiger partial charge in [0.25, 0.3) is 5.91 Å². The Morgan fingerprint density at radius 3 is 2.65 bits per heavy atom. The molecule has 2 rings (SSSR count). The highest BCUT2D eigenvalue weighted by molar-refractivity contribution is 9.10. The first-order valence-electron chi connectivity index (χ1n) is 5.95. The van der Waals surface area contributed by atoms with Gasteiger partial charge < -0.3 is 10.4 Å². The lowest BCUT2D eigenvalue weighted by molar-refractivity contribution is 0.102. The second-order valence-electron chi connectivity index (χ2n) is 4.51. The highest BCUT2D eigenvalue weighted by Gasteiger charge is 2.14. The summed E-state index contributed by atoms with van der Waals surface area (Å²) < 4.78 is 13.6. The van der Waals surface area contributed by atoms with E-state index in [1.165, 1.54) is 18.2 Å². The molecule has 0 aromatic heterocycles. The zero-order chi connectivity index (χ0) is 14.9. The minimum Gasteiger partial charge on any atom is -0.507 e. The molecule has 0 aliphatic heterocycles. The fourth-order valence-electron chi connectivity index (χ4n) is 1.81. The van der Waals surface area contributed by atoms with Crippen LogP contribution in [-0.4, -0.2) is 11.0 Å². The molecule has 0 aliphatic carbocycles. The van der Waals surface area contributed by atoms with Crippen LogP contribution in [0.25, 0.3) is 0 Å². The molecule has 0 heterocycles. The van der Waals surface area contributed by atoms with Crippen molar-refractivity contribution in [1.82, 2.24) is 0 Å². The first-order chi connectivity index (χ1) is 9.40. The molecule has 3 nitrogen and oxygen atoms in total. The third-order valence-electron chi connectivity index (χ3n) is 3.00. The summed E-state index contributed by atoms with van der Waals surface area (Å²) in [5.74, 6) is -0.879. The molecular weight excluding hydrogens is 325 g/mol. The predicted molar refractivity (Wildman–Crippen MR) is 79.6 cm³/mol. The highest BCUT2D eigenvalue weighted by atomic mass is 79.9. The van der Waals surface area contributed by atoms with Gasteiger partial charge in [-0.15, -0.1) is 0 Å². The number of benzene rings is 2. The van der Waals surface area contributed by atoms with Gasteiger partial charge in [-0.3, -0.25) is 4.79 Å². The fraction of sp³-hybridized carbons (Fsp3) is 0.133. The number of nitrogens with one attached hydrogen (secondary N) is 1. The van der Waals surface area contributed by atoms with Gasteiger partial charge in [-0.25, -0.2) is 4.39 Å². The van der Waals surface area contributed by atoms with Gasteiger partial charge in [0.15, 0.2) is 0 Å². The minimum atomic E-state index is -0.437. The second kappa shape index (κ2) is 5.63. The van der Waals surface area contributed by atoms with Crippen molar-refractivity contribution >= 4 is 27.5 Å². The fourth-order valence-corrected chi connectivity index (χ4v) is 2.16. The van der Waals surface area contributed by atoms with Crippen molar-refractivity contribution < 1.29 is 14.3 Å². The molecule has 20 heavy (non-hydrogen) atoms. The van der Waals surface area contributed by atoms with Gasteiger partial charge in [0.2, 0.25) is 0 Å². The van der Waals surface area contributed by atoms with Gasteiger partial charge in [-0.05, 0) is 59.1 Å². The number of carbonyl (C=O) groups is 1. The van der Waals surface area contributed by atoms with Crippen LogP contribution in [0.3, 0.4) is 0 Å². The smallest absolute Gasteiger partial charge is 0.259 e. The number of phenols is 1. The first kappa shape index (κ1) is 14.5. The third-order valence-corrected chi connectivity index (χ3v) is 3.61. The summed E-state index contributed by atoms with van der Waals surface area (Å²) in [6, 6.07) is 7.76. The lowest BCUT2D eigenvalue weighted by Crippen LogP contribution is -2.13. The summed E-state index contributed by atoms with van der Waals surface area (Å²) >= 11 is 3.08. The van der Waals surface area contributed by atoms with E-state index in [1.807, 2.05) is 0 Å². The molecule has 1 amide bonds. The molecule has 2 aromatic rings. The summed E-state index contributed by atoms with van der Waals surface area (Å²) in [6.45, 7) is 3.41. The molecule has 0 bridgehead atoms. The molecule has 104 valence electrons. The molecule has 0 fully saturated rings. The number of hydrogen-bond donors (Lipinski definition) is 2. The number of amides is 1. The van der Waals surface area contributed by atoms with Crippen LogP contribution >= 0.6 is 15.9 Å². The van der Waals surface area contributed by atoms with Gasteiger partial charge in [-0.1, -0.05) is 12.1 Å². The normalized spacial score (nSPS) is 10.4. The predicted octanol–water partition coefficient (Wildman–Crippen LogP) is 4.16. The van der Waals surface area contributed by atoms with E-state index in [9.17, 15) is 14.3 Å². The Hall–Kier alpha value is -1.88. The van der Waals surface area contributed by atoms with Crippen LogP contribution in [0.5, 0.6) is 5.75 Å². The molecule has 5 heteroatoms. The lowest BCUT2D eigenvalue weighted by atomic mass is 10.1. The Bertz CT molecular complexity index is 686. The van der Waals surface area contributed by atoms with Gasteiger partial charge in [-0.2, -0.15) is 0 Å². The highest BCUT2D eigenvalue weighted by Crippen LogP contribution is 2.26. The summed E-state index contributed by atoms with van der Waals surface area (Å²) in [4.78, 5) is 12.2. The molecule has 0 atom stereocenters. The van der Waals surface area contributed by atoms with Crippen molar-refractivity contribution in [1.29, 1.82) is 0 Å². The van der Waals surface area contributed by atoms with Gasteiger partial charge >= 0.3 is 0 Å². The van der Waals surface area contributed by atoms with Crippen LogP contribution < -0.4 is 5.32 Å². The van der Waals surface area contributed by atoms with Gasteiger partial charge in [0.1, 0.15) is 11.6 Å². The molecular formula is C15H13BrFNO2. The second-order valence-corrected chi connectivity index (χ2v) is 5.36. The molecule has 0 unspecified atom stereocenters. The number of hydrogen-bond acceptors (Lipinski definition) is 2. The van der Waals surface area contributed by atoms with E-state index in [2.05, 4.69) is 21.2 Å². The largest absolute Gasteiger partial charge is 0.507 e. The number of rotatable bonds is 2.